The van der Waals surface area contributed by atoms with Gasteiger partial charge in [-0.15, -0.1) is 0 Å². The fourth-order valence-electron chi connectivity index (χ4n) is 2.66. The SMILES string of the molecule is CC(C)N(CCN)C(=O)C1CCC(C(F)(F)F)CC1. The molecule has 1 amide bonds. The van der Waals surface area contributed by atoms with Crippen molar-refractivity contribution >= 4 is 5.91 Å². The number of alkyl halides is 3. The Labute approximate surface area is 112 Å². The van der Waals surface area contributed by atoms with Crippen LogP contribution in [-0.4, -0.2) is 36.1 Å². The third kappa shape index (κ3) is 4.37. The highest BCUT2D eigenvalue weighted by Gasteiger charge is 2.43. The molecule has 3 nitrogen and oxygen atoms in total. The average molecular weight is 280 g/mol. The van der Waals surface area contributed by atoms with Crippen LogP contribution in [0.5, 0.6) is 0 Å². The van der Waals surface area contributed by atoms with Crippen LogP contribution in [-0.2, 0) is 4.79 Å². The van der Waals surface area contributed by atoms with Gasteiger partial charge in [0, 0.05) is 25.0 Å². The van der Waals surface area contributed by atoms with E-state index in [9.17, 15) is 18.0 Å². The second-order valence-corrected chi connectivity index (χ2v) is 5.50. The third-order valence-corrected chi connectivity index (χ3v) is 3.82. The maximum absolute atomic E-state index is 12.6. The van der Waals surface area contributed by atoms with Crippen LogP contribution in [0.2, 0.25) is 0 Å². The first-order valence-electron chi connectivity index (χ1n) is 6.84. The summed E-state index contributed by atoms with van der Waals surface area (Å²) >= 11 is 0. The van der Waals surface area contributed by atoms with Gasteiger partial charge in [-0.05, 0) is 39.5 Å². The van der Waals surface area contributed by atoms with Crippen LogP contribution < -0.4 is 5.73 Å². The van der Waals surface area contributed by atoms with E-state index in [1.807, 2.05) is 13.8 Å². The Morgan fingerprint density at radius 1 is 1.26 bits per heavy atom. The van der Waals surface area contributed by atoms with E-state index >= 15 is 0 Å². The van der Waals surface area contributed by atoms with Gasteiger partial charge in [0.2, 0.25) is 5.91 Å². The maximum atomic E-state index is 12.6. The molecule has 2 N–H and O–H groups in total. The smallest absolute Gasteiger partial charge is 0.339 e. The lowest BCUT2D eigenvalue weighted by Crippen LogP contribution is -2.45. The zero-order chi connectivity index (χ0) is 14.6. The Hall–Kier alpha value is -0.780. The molecule has 1 aliphatic rings. The van der Waals surface area contributed by atoms with E-state index in [4.69, 9.17) is 5.73 Å². The molecule has 0 radical (unpaired) electrons. The van der Waals surface area contributed by atoms with E-state index in [2.05, 4.69) is 0 Å². The second kappa shape index (κ2) is 6.59. The van der Waals surface area contributed by atoms with Gasteiger partial charge in [-0.1, -0.05) is 0 Å². The number of carbonyl (C=O) groups is 1. The van der Waals surface area contributed by atoms with E-state index < -0.39 is 12.1 Å². The summed E-state index contributed by atoms with van der Waals surface area (Å²) in [5.74, 6) is -1.55. The average Bonchev–Trinajstić information content (AvgIpc) is 2.34. The van der Waals surface area contributed by atoms with Crippen LogP contribution in [0.3, 0.4) is 0 Å². The summed E-state index contributed by atoms with van der Waals surface area (Å²) in [6.45, 7) is 4.64. The first-order valence-corrected chi connectivity index (χ1v) is 6.84. The lowest BCUT2D eigenvalue weighted by molar-refractivity contribution is -0.185. The molecule has 19 heavy (non-hydrogen) atoms. The minimum Gasteiger partial charge on any atom is -0.339 e. The highest BCUT2D eigenvalue weighted by atomic mass is 19.4. The number of nitrogens with zero attached hydrogens (tertiary/aromatic N) is 1. The second-order valence-electron chi connectivity index (χ2n) is 5.50. The van der Waals surface area contributed by atoms with Crippen molar-refractivity contribution in [2.75, 3.05) is 13.1 Å². The molecule has 1 rings (SSSR count). The molecule has 0 aromatic rings. The van der Waals surface area contributed by atoms with Gasteiger partial charge < -0.3 is 10.6 Å². The van der Waals surface area contributed by atoms with Gasteiger partial charge in [0.15, 0.2) is 0 Å². The van der Waals surface area contributed by atoms with E-state index in [0.717, 1.165) is 0 Å². The summed E-state index contributed by atoms with van der Waals surface area (Å²) in [6, 6.07) is 0.0383. The van der Waals surface area contributed by atoms with Gasteiger partial charge >= 0.3 is 6.18 Å². The fraction of sp³-hybridized carbons (Fsp3) is 0.923. The highest BCUT2D eigenvalue weighted by molar-refractivity contribution is 5.79. The van der Waals surface area contributed by atoms with Crippen LogP contribution in [0.1, 0.15) is 39.5 Å². The standard InChI is InChI=1S/C13H23F3N2O/c1-9(2)18(8-7-17)12(19)10-3-5-11(6-4-10)13(14,15)16/h9-11H,3-8,17H2,1-2H3. The molecule has 0 saturated heterocycles. The predicted octanol–water partition coefficient (Wildman–Crippen LogP) is 2.55. The normalized spacial score (nSPS) is 24.6. The third-order valence-electron chi connectivity index (χ3n) is 3.82. The molecular weight excluding hydrogens is 257 g/mol. The molecule has 0 spiro atoms. The van der Waals surface area contributed by atoms with Crippen LogP contribution >= 0.6 is 0 Å². The van der Waals surface area contributed by atoms with Crippen molar-refractivity contribution in [1.82, 2.24) is 4.90 Å². The van der Waals surface area contributed by atoms with Crippen LogP contribution in [0.15, 0.2) is 0 Å². The van der Waals surface area contributed by atoms with Crippen LogP contribution in [0.4, 0.5) is 13.2 Å². The zero-order valence-electron chi connectivity index (χ0n) is 11.5. The van der Waals surface area contributed by atoms with Crippen molar-refractivity contribution in [2.45, 2.75) is 51.7 Å². The molecule has 0 aromatic heterocycles. The first-order chi connectivity index (χ1) is 8.77. The predicted molar refractivity (Wildman–Crippen MR) is 67.4 cm³/mol. The van der Waals surface area contributed by atoms with Gasteiger partial charge in [-0.2, -0.15) is 13.2 Å². The Kier molecular flexibility index (Phi) is 5.64. The minimum absolute atomic E-state index is 0.0383. The van der Waals surface area contributed by atoms with Crippen molar-refractivity contribution in [3.63, 3.8) is 0 Å². The van der Waals surface area contributed by atoms with E-state index in [1.165, 1.54) is 0 Å². The lowest BCUT2D eigenvalue weighted by atomic mass is 9.81. The van der Waals surface area contributed by atoms with Crippen LogP contribution in [0.25, 0.3) is 0 Å². The number of hydrogen-bond donors (Lipinski definition) is 1. The molecular formula is C13H23F3N2O. The number of nitrogens with two attached hydrogens (primary N) is 1. The Bertz CT molecular complexity index is 297. The molecule has 0 aliphatic heterocycles. The summed E-state index contributed by atoms with van der Waals surface area (Å²) in [7, 11) is 0. The molecule has 0 heterocycles. The maximum Gasteiger partial charge on any atom is 0.391 e. The molecule has 112 valence electrons. The van der Waals surface area contributed by atoms with Gasteiger partial charge in [-0.25, -0.2) is 0 Å². The van der Waals surface area contributed by atoms with Crippen molar-refractivity contribution in [3.05, 3.63) is 0 Å². The van der Waals surface area contributed by atoms with Crippen molar-refractivity contribution in [3.8, 4) is 0 Å². The fourth-order valence-corrected chi connectivity index (χ4v) is 2.66. The monoisotopic (exact) mass is 280 g/mol. The van der Waals surface area contributed by atoms with Crippen molar-refractivity contribution in [1.29, 1.82) is 0 Å². The first kappa shape index (κ1) is 16.3. The van der Waals surface area contributed by atoms with E-state index in [-0.39, 0.29) is 30.7 Å². The molecule has 6 heteroatoms. The summed E-state index contributed by atoms with van der Waals surface area (Å²) in [5, 5.41) is 0. The lowest BCUT2D eigenvalue weighted by Gasteiger charge is -2.34. The number of amides is 1. The van der Waals surface area contributed by atoms with E-state index in [1.54, 1.807) is 4.90 Å². The van der Waals surface area contributed by atoms with Gasteiger partial charge in [0.05, 0.1) is 5.92 Å². The minimum atomic E-state index is -4.12. The molecule has 0 aromatic carbocycles. The summed E-state index contributed by atoms with van der Waals surface area (Å²) in [4.78, 5) is 14.0. The van der Waals surface area contributed by atoms with Gasteiger partial charge in [0.1, 0.15) is 0 Å². The Morgan fingerprint density at radius 2 is 1.79 bits per heavy atom. The summed E-state index contributed by atoms with van der Waals surface area (Å²) in [6.07, 6.45) is -3.33. The molecule has 0 bridgehead atoms. The number of halogens is 3. The van der Waals surface area contributed by atoms with Crippen molar-refractivity contribution in [2.24, 2.45) is 17.6 Å². The van der Waals surface area contributed by atoms with Gasteiger partial charge in [0.25, 0.3) is 0 Å². The largest absolute Gasteiger partial charge is 0.391 e. The summed E-state index contributed by atoms with van der Waals surface area (Å²) in [5.41, 5.74) is 5.47. The number of hydrogen-bond acceptors (Lipinski definition) is 2. The topological polar surface area (TPSA) is 46.3 Å². The molecule has 1 aliphatic carbocycles. The number of rotatable bonds is 4. The molecule has 0 atom stereocenters. The Morgan fingerprint density at radius 3 is 2.16 bits per heavy atom. The number of carbonyl (C=O) groups excluding carboxylic acids is 1. The highest BCUT2D eigenvalue weighted by Crippen LogP contribution is 2.40. The van der Waals surface area contributed by atoms with Crippen LogP contribution in [0, 0.1) is 11.8 Å². The van der Waals surface area contributed by atoms with Gasteiger partial charge in [-0.3, -0.25) is 4.79 Å². The molecule has 0 unspecified atom stereocenters. The zero-order valence-corrected chi connectivity index (χ0v) is 11.5. The molecule has 1 saturated carbocycles. The Balaban J connectivity index is 2.56. The summed E-state index contributed by atoms with van der Waals surface area (Å²) < 4.78 is 37.7. The molecule has 1 fully saturated rings. The van der Waals surface area contributed by atoms with Crippen molar-refractivity contribution < 1.29 is 18.0 Å². The van der Waals surface area contributed by atoms with E-state index in [0.29, 0.717) is 25.9 Å². The quantitative estimate of drug-likeness (QED) is 0.860.